The summed E-state index contributed by atoms with van der Waals surface area (Å²) < 4.78 is 53.7. The summed E-state index contributed by atoms with van der Waals surface area (Å²) in [7, 11) is -6.86. The molecule has 0 bridgehead atoms. The SMILES string of the molecule is CCCCOP(=O)(Cc1c(Br)c(Br)c(Br)c(CP(=O)(OCCCC)OCCCC)c1Br)OCCCC. The highest BCUT2D eigenvalue weighted by Gasteiger charge is 2.33. The van der Waals surface area contributed by atoms with Gasteiger partial charge in [-0.1, -0.05) is 69.3 Å². The van der Waals surface area contributed by atoms with Gasteiger partial charge in [0, 0.05) is 17.9 Å². The van der Waals surface area contributed by atoms with E-state index in [-0.39, 0.29) is 12.3 Å². The first-order chi connectivity index (χ1) is 17.1. The van der Waals surface area contributed by atoms with Crippen molar-refractivity contribution in [3.8, 4) is 0 Å². The van der Waals surface area contributed by atoms with E-state index in [4.69, 9.17) is 18.1 Å². The molecule has 0 aliphatic heterocycles. The fraction of sp³-hybridized carbons (Fsp3) is 0.750. The lowest BCUT2D eigenvalue weighted by Gasteiger charge is -2.24. The summed E-state index contributed by atoms with van der Waals surface area (Å²) in [5.74, 6) is 0. The summed E-state index contributed by atoms with van der Waals surface area (Å²) in [6.45, 7) is 9.69. The van der Waals surface area contributed by atoms with Gasteiger partial charge in [0.1, 0.15) is 0 Å². The lowest BCUT2D eigenvalue weighted by molar-refractivity contribution is 0.198. The minimum absolute atomic E-state index is 0.0676. The van der Waals surface area contributed by atoms with Gasteiger partial charge in [0.15, 0.2) is 0 Å². The molecule has 0 saturated heterocycles. The maximum absolute atomic E-state index is 13.8. The van der Waals surface area contributed by atoms with Gasteiger partial charge in [-0.3, -0.25) is 9.13 Å². The third kappa shape index (κ3) is 11.9. The number of unbranched alkanes of at least 4 members (excludes halogenated alkanes) is 4. The first-order valence-corrected chi connectivity index (χ1v) is 19.3. The molecule has 0 aliphatic carbocycles. The highest BCUT2D eigenvalue weighted by Crippen LogP contribution is 2.58. The van der Waals surface area contributed by atoms with E-state index in [1.807, 2.05) is 0 Å². The lowest BCUT2D eigenvalue weighted by Crippen LogP contribution is -2.07. The maximum Gasteiger partial charge on any atom is 0.335 e. The average Bonchev–Trinajstić information content (AvgIpc) is 2.84. The van der Waals surface area contributed by atoms with Crippen molar-refractivity contribution >= 4 is 78.9 Å². The molecular weight excluding hydrogens is 766 g/mol. The Morgan fingerprint density at radius 3 is 1.03 bits per heavy atom. The van der Waals surface area contributed by atoms with Crippen molar-refractivity contribution in [3.63, 3.8) is 0 Å². The molecule has 210 valence electrons. The normalized spacial score (nSPS) is 12.4. The van der Waals surface area contributed by atoms with Crippen LogP contribution in [-0.2, 0) is 39.5 Å². The molecule has 0 spiro atoms. The number of hydrogen-bond donors (Lipinski definition) is 0. The predicted octanol–water partition coefficient (Wildman–Crippen LogP) is 11.4. The smallest absolute Gasteiger partial charge is 0.308 e. The van der Waals surface area contributed by atoms with Crippen molar-refractivity contribution in [1.29, 1.82) is 0 Å². The largest absolute Gasteiger partial charge is 0.335 e. The van der Waals surface area contributed by atoms with Crippen LogP contribution in [0.3, 0.4) is 0 Å². The fourth-order valence-electron chi connectivity index (χ4n) is 3.05. The molecule has 0 N–H and O–H groups in total. The van der Waals surface area contributed by atoms with E-state index in [1.165, 1.54) is 0 Å². The second-order valence-electron chi connectivity index (χ2n) is 8.50. The Morgan fingerprint density at radius 2 is 0.778 bits per heavy atom. The Hall–Kier alpha value is 1.44. The zero-order valence-electron chi connectivity index (χ0n) is 21.8. The van der Waals surface area contributed by atoms with Gasteiger partial charge in [-0.2, -0.15) is 0 Å². The Labute approximate surface area is 251 Å². The van der Waals surface area contributed by atoms with Crippen molar-refractivity contribution in [3.05, 3.63) is 29.0 Å². The molecule has 0 saturated carbocycles. The first-order valence-electron chi connectivity index (χ1n) is 12.7. The van der Waals surface area contributed by atoms with E-state index >= 15 is 0 Å². The van der Waals surface area contributed by atoms with Crippen LogP contribution >= 0.6 is 78.9 Å². The van der Waals surface area contributed by atoms with Gasteiger partial charge in [0.2, 0.25) is 0 Å². The molecule has 0 aliphatic rings. The minimum Gasteiger partial charge on any atom is -0.308 e. The van der Waals surface area contributed by atoms with Crippen LogP contribution in [0.4, 0.5) is 0 Å². The van der Waals surface area contributed by atoms with Gasteiger partial charge in [0.25, 0.3) is 0 Å². The van der Waals surface area contributed by atoms with Crippen molar-refractivity contribution < 1.29 is 27.2 Å². The fourth-order valence-corrected chi connectivity index (χ4v) is 10.5. The van der Waals surface area contributed by atoms with Crippen LogP contribution in [-0.4, -0.2) is 26.4 Å². The second-order valence-corrected chi connectivity index (χ2v) is 15.8. The van der Waals surface area contributed by atoms with Crippen LogP contribution in [0.2, 0.25) is 0 Å². The molecule has 6 nitrogen and oxygen atoms in total. The summed E-state index contributed by atoms with van der Waals surface area (Å²) in [4.78, 5) is 0. The van der Waals surface area contributed by atoms with Crippen LogP contribution in [0.1, 0.15) is 90.2 Å². The zero-order valence-corrected chi connectivity index (χ0v) is 29.9. The summed E-state index contributed by atoms with van der Waals surface area (Å²) in [5, 5.41) is 0. The molecule has 1 rings (SSSR count). The molecular formula is C24H40Br4O6P2. The Bertz CT molecular complexity index is 805. The van der Waals surface area contributed by atoms with E-state index in [0.717, 1.165) is 64.8 Å². The van der Waals surface area contributed by atoms with Crippen molar-refractivity contribution in [1.82, 2.24) is 0 Å². The van der Waals surface area contributed by atoms with E-state index in [0.29, 0.717) is 42.0 Å². The monoisotopic (exact) mass is 802 g/mol. The predicted molar refractivity (Wildman–Crippen MR) is 163 cm³/mol. The highest BCUT2D eigenvalue weighted by molar-refractivity contribution is 9.14. The molecule has 0 unspecified atom stereocenters. The van der Waals surface area contributed by atoms with Crippen molar-refractivity contribution in [2.75, 3.05) is 26.4 Å². The molecule has 0 amide bonds. The van der Waals surface area contributed by atoms with Gasteiger partial charge < -0.3 is 18.1 Å². The Balaban J connectivity index is 3.40. The van der Waals surface area contributed by atoms with Gasteiger partial charge in [-0.25, -0.2) is 0 Å². The molecule has 0 fully saturated rings. The van der Waals surface area contributed by atoms with Crippen LogP contribution in [0.15, 0.2) is 17.9 Å². The summed E-state index contributed by atoms with van der Waals surface area (Å²) in [5.41, 5.74) is 1.43. The minimum atomic E-state index is -3.43. The standard InChI is InChI=1S/C24H40Br4O6P2/c1-5-9-13-31-35(29,32-14-10-6-2)17-19-21(25)20(23(27)24(28)22(19)26)18-36(30,33-15-11-7-3)34-16-12-8-4/h5-18H2,1-4H3. The van der Waals surface area contributed by atoms with E-state index in [9.17, 15) is 9.13 Å². The van der Waals surface area contributed by atoms with Crippen molar-refractivity contribution in [2.45, 2.75) is 91.4 Å². The van der Waals surface area contributed by atoms with Crippen LogP contribution < -0.4 is 0 Å². The molecule has 1 aromatic carbocycles. The van der Waals surface area contributed by atoms with Crippen molar-refractivity contribution in [2.24, 2.45) is 0 Å². The molecule has 36 heavy (non-hydrogen) atoms. The molecule has 0 atom stereocenters. The van der Waals surface area contributed by atoms with Gasteiger partial charge >= 0.3 is 15.2 Å². The molecule has 0 aromatic heterocycles. The highest BCUT2D eigenvalue weighted by atomic mass is 79.9. The van der Waals surface area contributed by atoms with Gasteiger partial charge in [-0.15, -0.1) is 0 Å². The molecule has 12 heteroatoms. The molecule has 0 radical (unpaired) electrons. The Morgan fingerprint density at radius 1 is 0.500 bits per heavy atom. The number of halogens is 4. The second kappa shape index (κ2) is 18.7. The topological polar surface area (TPSA) is 71.1 Å². The summed E-state index contributed by atoms with van der Waals surface area (Å²) in [6, 6.07) is 0. The average molecular weight is 806 g/mol. The van der Waals surface area contributed by atoms with Gasteiger partial charge in [-0.05, 0) is 84.6 Å². The number of benzene rings is 1. The third-order valence-corrected chi connectivity index (χ3v) is 13.6. The summed E-state index contributed by atoms with van der Waals surface area (Å²) >= 11 is 14.6. The number of hydrogen-bond acceptors (Lipinski definition) is 6. The molecule has 0 heterocycles. The van der Waals surface area contributed by atoms with Crippen LogP contribution in [0.5, 0.6) is 0 Å². The first kappa shape index (κ1) is 35.5. The number of rotatable bonds is 20. The van der Waals surface area contributed by atoms with E-state index in [2.05, 4.69) is 91.4 Å². The quantitative estimate of drug-likeness (QED) is 0.0566. The van der Waals surface area contributed by atoms with E-state index in [1.54, 1.807) is 0 Å². The van der Waals surface area contributed by atoms with Gasteiger partial charge in [0.05, 0.1) is 38.8 Å². The van der Waals surface area contributed by atoms with Crippen LogP contribution in [0, 0.1) is 0 Å². The maximum atomic E-state index is 13.8. The Kier molecular flexibility index (Phi) is 18.4. The lowest BCUT2D eigenvalue weighted by atomic mass is 10.1. The molecule has 1 aromatic rings. The zero-order chi connectivity index (χ0) is 27.2. The van der Waals surface area contributed by atoms with E-state index < -0.39 is 15.2 Å². The van der Waals surface area contributed by atoms with Crippen LogP contribution in [0.25, 0.3) is 0 Å². The third-order valence-electron chi connectivity index (χ3n) is 5.29. The summed E-state index contributed by atoms with van der Waals surface area (Å²) in [6.07, 6.45) is 7.06.